The summed E-state index contributed by atoms with van der Waals surface area (Å²) in [5.41, 5.74) is 0. The molecule has 0 saturated carbocycles. The van der Waals surface area contributed by atoms with E-state index >= 15 is 0 Å². The van der Waals surface area contributed by atoms with Crippen molar-refractivity contribution in [2.45, 2.75) is 72.6 Å². The lowest BCUT2D eigenvalue weighted by Gasteiger charge is -2.11. The quantitative estimate of drug-likeness (QED) is 0.731. The highest BCUT2D eigenvalue weighted by atomic mass is 16.4. The van der Waals surface area contributed by atoms with Crippen molar-refractivity contribution in [2.24, 2.45) is 5.92 Å². The lowest BCUT2D eigenvalue weighted by Crippen LogP contribution is -2.32. The Morgan fingerprint density at radius 3 is 2.38 bits per heavy atom. The van der Waals surface area contributed by atoms with E-state index in [2.05, 4.69) is 48.6 Å². The molecule has 0 spiro atoms. The van der Waals surface area contributed by atoms with E-state index in [0.29, 0.717) is 0 Å². The Labute approximate surface area is 128 Å². The van der Waals surface area contributed by atoms with E-state index in [9.17, 15) is 9.90 Å². The van der Waals surface area contributed by atoms with Crippen molar-refractivity contribution in [3.8, 4) is 0 Å². The minimum Gasteiger partial charge on any atom is -0.547 e. The summed E-state index contributed by atoms with van der Waals surface area (Å²) in [5.74, 6) is -0.586. The maximum atomic E-state index is 9.34. The van der Waals surface area contributed by atoms with Crippen molar-refractivity contribution in [2.75, 3.05) is 0 Å². The lowest BCUT2D eigenvalue weighted by molar-refractivity contribution is -0.693. The molecule has 0 bridgehead atoms. The van der Waals surface area contributed by atoms with Crippen LogP contribution in [0.5, 0.6) is 0 Å². The molecule has 2 unspecified atom stereocenters. The first kappa shape index (κ1) is 19.6. The Bertz CT molecular complexity index is 389. The van der Waals surface area contributed by atoms with Crippen molar-refractivity contribution in [1.29, 1.82) is 0 Å². The largest absolute Gasteiger partial charge is 0.547 e. The first-order chi connectivity index (χ1) is 9.94. The number of rotatable bonds is 8. The van der Waals surface area contributed by atoms with Gasteiger partial charge in [0.05, 0.1) is 25.2 Å². The van der Waals surface area contributed by atoms with E-state index in [1.54, 1.807) is 0 Å². The monoisotopic (exact) mass is 298 g/mol. The fourth-order valence-corrected chi connectivity index (χ4v) is 1.95. The molecule has 21 heavy (non-hydrogen) atoms. The number of aliphatic hydroxyl groups is 1. The van der Waals surface area contributed by atoms with E-state index in [1.165, 1.54) is 32.2 Å². The van der Waals surface area contributed by atoms with Gasteiger partial charge in [0.15, 0.2) is 0 Å². The van der Waals surface area contributed by atoms with Crippen LogP contribution in [0.1, 0.15) is 53.4 Å². The van der Waals surface area contributed by atoms with Gasteiger partial charge < -0.3 is 15.0 Å². The van der Waals surface area contributed by atoms with E-state index in [4.69, 9.17) is 5.11 Å². The summed E-state index contributed by atoms with van der Waals surface area (Å²) in [6.07, 6.45) is 10.6. The van der Waals surface area contributed by atoms with Gasteiger partial charge in [0.1, 0.15) is 12.4 Å². The molecule has 5 nitrogen and oxygen atoms in total. The fourth-order valence-electron chi connectivity index (χ4n) is 1.95. The standard InChI is InChI=1S/C13H25N2.C3H6O3/c1-4-7-8-13(5-2)11-15-10-9-14(6-3)12-15;1-2(4)3(5)6/h9-10,12-13H,4-8,11H2,1-3H3;2,4H,1H3,(H,5,6)/q+1;/p-1. The number of carbonyl (C=O) groups excluding carboxylic acids is 1. The van der Waals surface area contributed by atoms with E-state index in [0.717, 1.165) is 19.4 Å². The molecule has 0 saturated heterocycles. The van der Waals surface area contributed by atoms with Gasteiger partial charge in [-0.3, -0.25) is 0 Å². The number of aromatic nitrogens is 2. The van der Waals surface area contributed by atoms with Gasteiger partial charge in [-0.2, -0.15) is 0 Å². The van der Waals surface area contributed by atoms with Crippen molar-refractivity contribution in [3.05, 3.63) is 18.7 Å². The van der Waals surface area contributed by atoms with Crippen LogP contribution in [0.2, 0.25) is 0 Å². The van der Waals surface area contributed by atoms with Gasteiger partial charge >= 0.3 is 0 Å². The van der Waals surface area contributed by atoms with Crippen molar-refractivity contribution in [3.63, 3.8) is 0 Å². The molecule has 0 aliphatic heterocycles. The van der Waals surface area contributed by atoms with Crippen LogP contribution < -0.4 is 9.67 Å². The number of aliphatic carboxylic acids is 1. The minimum atomic E-state index is -1.44. The van der Waals surface area contributed by atoms with E-state index in [1.807, 2.05) is 0 Å². The predicted molar refractivity (Wildman–Crippen MR) is 80.3 cm³/mol. The highest BCUT2D eigenvalue weighted by Crippen LogP contribution is 2.14. The molecule has 1 rings (SSSR count). The average Bonchev–Trinajstić information content (AvgIpc) is 2.91. The summed E-state index contributed by atoms with van der Waals surface area (Å²) < 4.78 is 4.56. The molecule has 5 heteroatoms. The van der Waals surface area contributed by atoms with Crippen LogP contribution in [0.15, 0.2) is 18.7 Å². The molecule has 0 radical (unpaired) electrons. The highest BCUT2D eigenvalue weighted by Gasteiger charge is 2.10. The number of aryl methyl sites for hydroxylation is 1. The van der Waals surface area contributed by atoms with Gasteiger partial charge in [0.25, 0.3) is 0 Å². The average molecular weight is 298 g/mol. The molecule has 0 aliphatic carbocycles. The first-order valence-corrected chi connectivity index (χ1v) is 7.88. The second kappa shape index (κ2) is 11.3. The SMILES string of the molecule is CC(O)C(=O)[O-].CCCCC(CC)Cn1cc[n+](CC)c1. The molecule has 0 aromatic carbocycles. The number of carbonyl (C=O) groups is 1. The Balaban J connectivity index is 0.000000567. The van der Waals surface area contributed by atoms with Gasteiger partial charge in [0, 0.05) is 0 Å². The number of unbranched alkanes of at least 4 members (excludes halogenated alkanes) is 1. The smallest absolute Gasteiger partial charge is 0.243 e. The number of aliphatic hydroxyl groups excluding tert-OH is 1. The Kier molecular flexibility index (Phi) is 10.6. The summed E-state index contributed by atoms with van der Waals surface area (Å²) >= 11 is 0. The maximum Gasteiger partial charge on any atom is 0.243 e. The third-order valence-corrected chi connectivity index (χ3v) is 3.46. The molecule has 1 aromatic heterocycles. The summed E-state index contributed by atoms with van der Waals surface area (Å²) in [6, 6.07) is 0. The first-order valence-electron chi connectivity index (χ1n) is 7.88. The summed E-state index contributed by atoms with van der Waals surface area (Å²) in [5, 5.41) is 17.3. The second-order valence-electron chi connectivity index (χ2n) is 5.35. The van der Waals surface area contributed by atoms with Crippen LogP contribution in [0, 0.1) is 5.92 Å². The van der Waals surface area contributed by atoms with Gasteiger partial charge in [-0.15, -0.1) is 0 Å². The zero-order valence-electron chi connectivity index (χ0n) is 13.8. The maximum absolute atomic E-state index is 9.34. The number of hydrogen-bond donors (Lipinski definition) is 1. The predicted octanol–water partition coefficient (Wildman–Crippen LogP) is 1.13. The van der Waals surface area contributed by atoms with Crippen LogP contribution in [0.25, 0.3) is 0 Å². The Morgan fingerprint density at radius 1 is 1.38 bits per heavy atom. The van der Waals surface area contributed by atoms with Crippen LogP contribution in [-0.4, -0.2) is 21.7 Å². The van der Waals surface area contributed by atoms with Crippen LogP contribution >= 0.6 is 0 Å². The summed E-state index contributed by atoms with van der Waals surface area (Å²) in [7, 11) is 0. The fraction of sp³-hybridized carbons (Fsp3) is 0.750. The normalized spacial score (nSPS) is 13.2. The number of nitrogens with zero attached hydrogens (tertiary/aromatic N) is 2. The van der Waals surface area contributed by atoms with Gasteiger partial charge in [-0.1, -0.05) is 26.7 Å². The van der Waals surface area contributed by atoms with E-state index in [-0.39, 0.29) is 0 Å². The zero-order chi connectivity index (χ0) is 16.3. The van der Waals surface area contributed by atoms with Gasteiger partial charge in [-0.05, 0) is 32.6 Å². The molecular formula is C16H30N2O3. The van der Waals surface area contributed by atoms with Gasteiger partial charge in [0.2, 0.25) is 6.33 Å². The van der Waals surface area contributed by atoms with Crippen LogP contribution in [0.3, 0.4) is 0 Å². The third kappa shape index (κ3) is 9.24. The molecule has 2 atom stereocenters. The van der Waals surface area contributed by atoms with Crippen molar-refractivity contribution >= 4 is 5.97 Å². The molecule has 0 fully saturated rings. The summed E-state index contributed by atoms with van der Waals surface area (Å²) in [4.78, 5) is 9.34. The Hall–Kier alpha value is -1.36. The zero-order valence-corrected chi connectivity index (χ0v) is 13.8. The number of imidazole rings is 1. The molecule has 1 aromatic rings. The van der Waals surface area contributed by atoms with Gasteiger partial charge in [-0.25, -0.2) is 9.13 Å². The molecule has 0 amide bonds. The van der Waals surface area contributed by atoms with Crippen LogP contribution in [0.4, 0.5) is 0 Å². The third-order valence-electron chi connectivity index (χ3n) is 3.46. The lowest BCUT2D eigenvalue weighted by atomic mass is 9.99. The highest BCUT2D eigenvalue weighted by molar-refractivity contribution is 5.68. The number of carboxylic acid groups (broad SMARTS) is 1. The van der Waals surface area contributed by atoms with Crippen molar-refractivity contribution in [1.82, 2.24) is 4.57 Å². The molecule has 0 aliphatic rings. The van der Waals surface area contributed by atoms with E-state index < -0.39 is 12.1 Å². The number of hydrogen-bond acceptors (Lipinski definition) is 3. The topological polar surface area (TPSA) is 69.2 Å². The van der Waals surface area contributed by atoms with Crippen LogP contribution in [-0.2, 0) is 17.9 Å². The Morgan fingerprint density at radius 2 is 2.00 bits per heavy atom. The minimum absolute atomic E-state index is 0.850. The van der Waals surface area contributed by atoms with Crippen molar-refractivity contribution < 1.29 is 19.6 Å². The number of carboxylic acids is 1. The molecule has 1 N–H and O–H groups in total. The molecular weight excluding hydrogens is 268 g/mol. The second-order valence-corrected chi connectivity index (χ2v) is 5.35. The summed E-state index contributed by atoms with van der Waals surface area (Å²) in [6.45, 7) is 10.1. The molecule has 1 heterocycles. The molecule has 122 valence electrons.